The van der Waals surface area contributed by atoms with Crippen LogP contribution in [0.3, 0.4) is 0 Å². The minimum atomic E-state index is -0.758. The van der Waals surface area contributed by atoms with E-state index in [1.807, 2.05) is 0 Å². The number of furan rings is 1. The van der Waals surface area contributed by atoms with E-state index in [2.05, 4.69) is 0 Å². The lowest BCUT2D eigenvalue weighted by Crippen LogP contribution is -2.16. The number of hydrogen-bond donors (Lipinski definition) is 0. The van der Waals surface area contributed by atoms with Crippen LogP contribution in [0.4, 0.5) is 0 Å². The Morgan fingerprint density at radius 2 is 1.73 bits per heavy atom. The first-order chi connectivity index (χ1) is 12.6. The van der Waals surface area contributed by atoms with Gasteiger partial charge in [-0.1, -0.05) is 35.9 Å². The van der Waals surface area contributed by atoms with E-state index in [4.69, 9.17) is 25.2 Å². The molecule has 128 valence electrons. The minimum Gasteiger partial charge on any atom is -0.461 e. The molecule has 26 heavy (non-hydrogen) atoms. The Hall–Kier alpha value is -3.31. The molecule has 0 aliphatic heterocycles. The van der Waals surface area contributed by atoms with Crippen LogP contribution in [0.5, 0.6) is 5.75 Å². The van der Waals surface area contributed by atoms with Crippen LogP contribution < -0.4 is 10.2 Å². The molecule has 5 nitrogen and oxygen atoms in total. The van der Waals surface area contributed by atoms with Gasteiger partial charge in [0.1, 0.15) is 5.58 Å². The molecule has 0 spiro atoms. The van der Waals surface area contributed by atoms with E-state index in [0.29, 0.717) is 11.0 Å². The van der Waals surface area contributed by atoms with Crippen molar-refractivity contribution in [3.63, 3.8) is 0 Å². The molecule has 0 amide bonds. The number of halogens is 1. The molecule has 0 bridgehead atoms. The second-order valence-electron chi connectivity index (χ2n) is 5.43. The summed E-state index contributed by atoms with van der Waals surface area (Å²) in [5.41, 5.74) is 0.0345. The van der Waals surface area contributed by atoms with Crippen LogP contribution in [-0.2, 0) is 0 Å². The Morgan fingerprint density at radius 3 is 2.50 bits per heavy atom. The van der Waals surface area contributed by atoms with Crippen LogP contribution in [-0.4, -0.2) is 5.97 Å². The number of carbonyl (C=O) groups excluding carboxylic acids is 1. The van der Waals surface area contributed by atoms with E-state index < -0.39 is 11.4 Å². The van der Waals surface area contributed by atoms with E-state index in [1.54, 1.807) is 54.6 Å². The molecule has 4 aromatic rings. The molecule has 6 heteroatoms. The van der Waals surface area contributed by atoms with Crippen LogP contribution >= 0.6 is 11.6 Å². The van der Waals surface area contributed by atoms with Gasteiger partial charge >= 0.3 is 5.97 Å². The molecule has 0 aliphatic rings. The number of fused-ring (bicyclic) bond motifs is 1. The minimum absolute atomic E-state index is 0.0408. The summed E-state index contributed by atoms with van der Waals surface area (Å²) < 4.78 is 16.5. The highest BCUT2D eigenvalue weighted by molar-refractivity contribution is 6.33. The summed E-state index contributed by atoms with van der Waals surface area (Å²) in [6.07, 6.45) is 1.43. The maximum Gasteiger partial charge on any atom is 0.345 e. The molecule has 0 aliphatic carbocycles. The van der Waals surface area contributed by atoms with Crippen LogP contribution in [0.1, 0.15) is 10.4 Å². The number of benzene rings is 2. The number of esters is 1. The van der Waals surface area contributed by atoms with Gasteiger partial charge in [0.25, 0.3) is 0 Å². The van der Waals surface area contributed by atoms with Crippen molar-refractivity contribution in [3.05, 3.63) is 87.7 Å². The van der Waals surface area contributed by atoms with Crippen LogP contribution in [0.2, 0.25) is 5.02 Å². The number of hydrogen-bond acceptors (Lipinski definition) is 5. The van der Waals surface area contributed by atoms with Crippen LogP contribution in [0.25, 0.3) is 22.5 Å². The summed E-state index contributed by atoms with van der Waals surface area (Å²) in [6.45, 7) is 0. The van der Waals surface area contributed by atoms with Gasteiger partial charge in [-0.05, 0) is 36.4 Å². The Labute approximate surface area is 152 Å². The van der Waals surface area contributed by atoms with Gasteiger partial charge in [-0.2, -0.15) is 0 Å². The zero-order valence-electron chi connectivity index (χ0n) is 13.3. The monoisotopic (exact) mass is 366 g/mol. The molecular weight excluding hydrogens is 356 g/mol. The average molecular weight is 367 g/mol. The van der Waals surface area contributed by atoms with Gasteiger partial charge in [-0.3, -0.25) is 4.79 Å². The second kappa shape index (κ2) is 6.54. The lowest BCUT2D eigenvalue weighted by Gasteiger charge is -2.09. The van der Waals surface area contributed by atoms with Crippen molar-refractivity contribution >= 4 is 28.5 Å². The van der Waals surface area contributed by atoms with Crippen molar-refractivity contribution in [2.24, 2.45) is 0 Å². The van der Waals surface area contributed by atoms with Crippen LogP contribution in [0.15, 0.2) is 80.6 Å². The molecule has 0 radical (unpaired) electrons. The molecule has 2 heterocycles. The van der Waals surface area contributed by atoms with Gasteiger partial charge < -0.3 is 13.6 Å². The van der Waals surface area contributed by atoms with Crippen molar-refractivity contribution in [1.29, 1.82) is 0 Å². The summed E-state index contributed by atoms with van der Waals surface area (Å²) in [6, 6.07) is 16.4. The Kier molecular flexibility index (Phi) is 4.07. The highest BCUT2D eigenvalue weighted by Gasteiger charge is 2.23. The second-order valence-corrected chi connectivity index (χ2v) is 5.84. The summed E-state index contributed by atoms with van der Waals surface area (Å²) in [5, 5.41) is 0.520. The fourth-order valence-corrected chi connectivity index (χ4v) is 2.77. The molecule has 0 saturated carbocycles. The largest absolute Gasteiger partial charge is 0.461 e. The first-order valence-corrected chi connectivity index (χ1v) is 8.09. The SMILES string of the molecule is O=C(Oc1c(-c2ccco2)oc2ccccc2c1=O)c1ccccc1Cl. The number of para-hydroxylation sites is 1. The molecule has 0 N–H and O–H groups in total. The molecule has 2 aromatic carbocycles. The fourth-order valence-electron chi connectivity index (χ4n) is 2.56. The van der Waals surface area contributed by atoms with E-state index >= 15 is 0 Å². The fraction of sp³-hybridized carbons (Fsp3) is 0. The summed E-state index contributed by atoms with van der Waals surface area (Å²) in [5.74, 6) is -0.691. The maximum atomic E-state index is 12.9. The third kappa shape index (κ3) is 2.78. The molecule has 0 fully saturated rings. The predicted octanol–water partition coefficient (Wildman–Crippen LogP) is 4.93. The quantitative estimate of drug-likeness (QED) is 0.481. The maximum absolute atomic E-state index is 12.9. The lowest BCUT2D eigenvalue weighted by atomic mass is 10.2. The van der Waals surface area contributed by atoms with Crippen molar-refractivity contribution < 1.29 is 18.4 Å². The molecule has 0 saturated heterocycles. The Bertz CT molecular complexity index is 1160. The standard InChI is InChI=1S/C20H11ClO5/c21-14-8-3-1-6-12(14)20(23)26-19-17(22)13-7-2-4-9-15(13)25-18(19)16-10-5-11-24-16/h1-11H. The summed E-state index contributed by atoms with van der Waals surface area (Å²) in [4.78, 5) is 25.4. The average Bonchev–Trinajstić information content (AvgIpc) is 3.18. The smallest absolute Gasteiger partial charge is 0.345 e. The zero-order valence-corrected chi connectivity index (χ0v) is 14.0. The first kappa shape index (κ1) is 16.2. The highest BCUT2D eigenvalue weighted by atomic mass is 35.5. The van der Waals surface area contributed by atoms with Crippen molar-refractivity contribution in [2.45, 2.75) is 0 Å². The third-order valence-electron chi connectivity index (χ3n) is 3.79. The lowest BCUT2D eigenvalue weighted by molar-refractivity contribution is 0.0731. The van der Waals surface area contributed by atoms with E-state index in [0.717, 1.165) is 0 Å². The zero-order chi connectivity index (χ0) is 18.1. The van der Waals surface area contributed by atoms with Gasteiger partial charge in [0, 0.05) is 0 Å². The molecule has 2 aromatic heterocycles. The van der Waals surface area contributed by atoms with Crippen molar-refractivity contribution in [3.8, 4) is 17.3 Å². The van der Waals surface area contributed by atoms with E-state index in [9.17, 15) is 9.59 Å². The Morgan fingerprint density at radius 1 is 0.962 bits per heavy atom. The summed E-state index contributed by atoms with van der Waals surface area (Å²) in [7, 11) is 0. The van der Waals surface area contributed by atoms with Crippen LogP contribution in [0, 0.1) is 0 Å². The predicted molar refractivity (Wildman–Crippen MR) is 96.6 cm³/mol. The first-order valence-electron chi connectivity index (χ1n) is 7.71. The Balaban J connectivity index is 1.89. The highest BCUT2D eigenvalue weighted by Crippen LogP contribution is 2.32. The van der Waals surface area contributed by atoms with Gasteiger partial charge in [0.15, 0.2) is 5.76 Å². The van der Waals surface area contributed by atoms with Gasteiger partial charge in [-0.25, -0.2) is 4.79 Å². The molecule has 0 atom stereocenters. The third-order valence-corrected chi connectivity index (χ3v) is 4.12. The molecule has 4 rings (SSSR count). The van der Waals surface area contributed by atoms with Gasteiger partial charge in [0.05, 0.1) is 22.2 Å². The van der Waals surface area contributed by atoms with E-state index in [1.165, 1.54) is 12.3 Å². The van der Waals surface area contributed by atoms with Crippen molar-refractivity contribution in [1.82, 2.24) is 0 Å². The van der Waals surface area contributed by atoms with E-state index in [-0.39, 0.29) is 27.9 Å². The molecule has 0 unspecified atom stereocenters. The number of ether oxygens (including phenoxy) is 1. The number of rotatable bonds is 3. The topological polar surface area (TPSA) is 69.7 Å². The number of carbonyl (C=O) groups is 1. The van der Waals surface area contributed by atoms with Crippen molar-refractivity contribution in [2.75, 3.05) is 0 Å². The normalized spacial score (nSPS) is 10.8. The van der Waals surface area contributed by atoms with Gasteiger partial charge in [0.2, 0.25) is 16.9 Å². The van der Waals surface area contributed by atoms with Gasteiger partial charge in [-0.15, -0.1) is 0 Å². The molecular formula is C20H11ClO5. The summed E-state index contributed by atoms with van der Waals surface area (Å²) >= 11 is 6.04.